The number of benzene rings is 2. The van der Waals surface area contributed by atoms with E-state index in [1.165, 1.54) is 0 Å². The van der Waals surface area contributed by atoms with Gasteiger partial charge in [0.25, 0.3) is 5.91 Å². The number of pyridine rings is 1. The number of halogens is 4. The second-order valence-corrected chi connectivity index (χ2v) is 8.12. The fourth-order valence-corrected chi connectivity index (χ4v) is 4.15. The zero-order valence-electron chi connectivity index (χ0n) is 14.9. The molecule has 1 aliphatic rings. The van der Waals surface area contributed by atoms with Crippen molar-refractivity contribution in [3.63, 3.8) is 0 Å². The van der Waals surface area contributed by atoms with Crippen LogP contribution in [-0.4, -0.2) is 24.0 Å². The van der Waals surface area contributed by atoms with Gasteiger partial charge in [0.1, 0.15) is 10.3 Å². The number of hydrogen-bond acceptors (Lipinski definition) is 3. The Balaban J connectivity index is 1.88. The van der Waals surface area contributed by atoms with Crippen molar-refractivity contribution in [3.05, 3.63) is 92.1 Å². The van der Waals surface area contributed by atoms with Gasteiger partial charge in [0.2, 0.25) is 0 Å². The molecule has 0 spiro atoms. The summed E-state index contributed by atoms with van der Waals surface area (Å²) in [7, 11) is 0. The van der Waals surface area contributed by atoms with Crippen LogP contribution in [0.1, 0.15) is 11.1 Å². The van der Waals surface area contributed by atoms with Crippen molar-refractivity contribution < 1.29 is 9.53 Å². The van der Waals surface area contributed by atoms with E-state index in [-0.39, 0.29) is 16.2 Å². The highest BCUT2D eigenvalue weighted by atomic mass is 35.5. The number of nitrogens with zero attached hydrogens (tertiary/aromatic N) is 2. The van der Waals surface area contributed by atoms with Crippen LogP contribution in [-0.2, 0) is 15.1 Å². The maximum atomic E-state index is 13.9. The highest BCUT2D eigenvalue weighted by Crippen LogP contribution is 2.40. The van der Waals surface area contributed by atoms with Crippen molar-refractivity contribution in [2.75, 3.05) is 18.1 Å². The molecule has 2 heterocycles. The maximum absolute atomic E-state index is 13.9. The number of carbonyl (C=O) groups is 1. The van der Waals surface area contributed by atoms with Crippen LogP contribution < -0.4 is 4.90 Å². The van der Waals surface area contributed by atoms with Crippen molar-refractivity contribution in [1.29, 1.82) is 0 Å². The van der Waals surface area contributed by atoms with Gasteiger partial charge in [0.15, 0.2) is 5.60 Å². The van der Waals surface area contributed by atoms with Crippen molar-refractivity contribution in [2.45, 2.75) is 5.60 Å². The molecule has 1 aromatic heterocycles. The number of anilines is 1. The van der Waals surface area contributed by atoms with Crippen LogP contribution in [0, 0.1) is 0 Å². The van der Waals surface area contributed by atoms with E-state index >= 15 is 0 Å². The van der Waals surface area contributed by atoms with E-state index in [0.717, 1.165) is 0 Å². The molecule has 0 unspecified atom stereocenters. The fraction of sp³-hybridized carbons (Fsp3) is 0.143. The molecule has 0 radical (unpaired) electrons. The smallest absolute Gasteiger partial charge is 0.268 e. The van der Waals surface area contributed by atoms with Gasteiger partial charge in [-0.05, 0) is 47.5 Å². The SMILES string of the molecule is O=C1N(c2cc(Cl)nc(Cl)c2)CCOC1(c1ccc(Cl)cc1)c1ccc(Cl)cc1. The van der Waals surface area contributed by atoms with Gasteiger partial charge < -0.3 is 9.64 Å². The summed E-state index contributed by atoms with van der Waals surface area (Å²) >= 11 is 24.3. The lowest BCUT2D eigenvalue weighted by atomic mass is 9.83. The van der Waals surface area contributed by atoms with Crippen LogP contribution in [0.25, 0.3) is 0 Å². The molecule has 1 fully saturated rings. The minimum atomic E-state index is -1.37. The van der Waals surface area contributed by atoms with Gasteiger partial charge in [0, 0.05) is 22.3 Å². The Morgan fingerprint density at radius 1 is 0.828 bits per heavy atom. The highest BCUT2D eigenvalue weighted by molar-refractivity contribution is 6.33. The number of amides is 1. The summed E-state index contributed by atoms with van der Waals surface area (Å²) in [5.74, 6) is -0.272. The van der Waals surface area contributed by atoms with Gasteiger partial charge in [-0.25, -0.2) is 4.98 Å². The number of morpholine rings is 1. The number of aromatic nitrogens is 1. The molecule has 148 valence electrons. The molecule has 3 aromatic rings. The van der Waals surface area contributed by atoms with Crippen LogP contribution in [0.4, 0.5) is 5.69 Å². The lowest BCUT2D eigenvalue weighted by molar-refractivity contribution is -0.145. The molecule has 2 aromatic carbocycles. The van der Waals surface area contributed by atoms with Gasteiger partial charge in [-0.2, -0.15) is 0 Å². The molecule has 0 saturated carbocycles. The molecule has 8 heteroatoms. The number of ether oxygens (including phenoxy) is 1. The normalized spacial score (nSPS) is 16.1. The third kappa shape index (κ3) is 3.83. The molecular weight excluding hydrogens is 454 g/mol. The number of carbonyl (C=O) groups excluding carboxylic acids is 1. The second kappa shape index (κ2) is 8.13. The summed E-state index contributed by atoms with van der Waals surface area (Å²) in [6.45, 7) is 0.646. The predicted octanol–water partition coefficient (Wildman–Crippen LogP) is 6.00. The minimum absolute atomic E-state index is 0.204. The Labute approximate surface area is 187 Å². The summed E-state index contributed by atoms with van der Waals surface area (Å²) in [4.78, 5) is 19.4. The standard InChI is InChI=1S/C21H14Cl4N2O2/c22-15-5-1-13(2-6-15)21(14-3-7-16(23)8-4-14)20(28)27(9-10-29-21)17-11-18(24)26-19(25)12-17/h1-8,11-12H,9-10H2. The van der Waals surface area contributed by atoms with Gasteiger partial charge >= 0.3 is 0 Å². The third-order valence-electron chi connectivity index (χ3n) is 4.74. The van der Waals surface area contributed by atoms with Gasteiger partial charge in [-0.1, -0.05) is 70.7 Å². The summed E-state index contributed by atoms with van der Waals surface area (Å²) in [6.07, 6.45) is 0. The summed E-state index contributed by atoms with van der Waals surface area (Å²) in [5, 5.41) is 1.53. The topological polar surface area (TPSA) is 42.4 Å². The summed E-state index contributed by atoms with van der Waals surface area (Å²) < 4.78 is 6.18. The molecule has 4 rings (SSSR count). The largest absolute Gasteiger partial charge is 0.354 e. The molecule has 0 bridgehead atoms. The molecule has 29 heavy (non-hydrogen) atoms. The van der Waals surface area contributed by atoms with Crippen LogP contribution >= 0.6 is 46.4 Å². The molecule has 1 saturated heterocycles. The third-order valence-corrected chi connectivity index (χ3v) is 5.63. The first-order valence-corrected chi connectivity index (χ1v) is 10.2. The summed E-state index contributed by atoms with van der Waals surface area (Å²) in [6, 6.07) is 17.2. The van der Waals surface area contributed by atoms with E-state index in [9.17, 15) is 4.79 Å². The van der Waals surface area contributed by atoms with E-state index in [4.69, 9.17) is 51.1 Å². The Kier molecular flexibility index (Phi) is 5.74. The minimum Gasteiger partial charge on any atom is -0.354 e. The quantitative estimate of drug-likeness (QED) is 0.443. The van der Waals surface area contributed by atoms with E-state index < -0.39 is 5.60 Å². The first-order valence-electron chi connectivity index (χ1n) is 8.71. The second-order valence-electron chi connectivity index (χ2n) is 6.47. The molecule has 1 amide bonds. The first kappa shape index (κ1) is 20.5. The monoisotopic (exact) mass is 466 g/mol. The van der Waals surface area contributed by atoms with E-state index in [0.29, 0.717) is 40.0 Å². The Bertz CT molecular complexity index is 990. The average molecular weight is 468 g/mol. The predicted molar refractivity (Wildman–Crippen MR) is 116 cm³/mol. The van der Waals surface area contributed by atoms with E-state index in [2.05, 4.69) is 4.98 Å². The van der Waals surface area contributed by atoms with E-state index in [1.54, 1.807) is 65.6 Å². The Morgan fingerprint density at radius 2 is 1.31 bits per heavy atom. The number of rotatable bonds is 3. The van der Waals surface area contributed by atoms with Crippen molar-refractivity contribution in [1.82, 2.24) is 4.98 Å². The highest BCUT2D eigenvalue weighted by Gasteiger charge is 2.49. The van der Waals surface area contributed by atoms with Crippen molar-refractivity contribution in [3.8, 4) is 0 Å². The van der Waals surface area contributed by atoms with E-state index in [1.807, 2.05) is 0 Å². The van der Waals surface area contributed by atoms with Gasteiger partial charge in [-0.3, -0.25) is 4.79 Å². The van der Waals surface area contributed by atoms with Crippen molar-refractivity contribution in [2.24, 2.45) is 0 Å². The van der Waals surface area contributed by atoms with Crippen LogP contribution in [0.15, 0.2) is 60.7 Å². The lowest BCUT2D eigenvalue weighted by Gasteiger charge is -2.42. The molecule has 0 aliphatic carbocycles. The molecule has 1 aliphatic heterocycles. The molecule has 0 atom stereocenters. The van der Waals surface area contributed by atoms with Crippen molar-refractivity contribution >= 4 is 58.0 Å². The van der Waals surface area contributed by atoms with Crippen LogP contribution in [0.2, 0.25) is 20.4 Å². The molecule has 0 N–H and O–H groups in total. The van der Waals surface area contributed by atoms with Gasteiger partial charge in [0.05, 0.1) is 6.61 Å². The number of hydrogen-bond donors (Lipinski definition) is 0. The zero-order valence-corrected chi connectivity index (χ0v) is 17.9. The molecule has 4 nitrogen and oxygen atoms in total. The Morgan fingerprint density at radius 3 is 1.79 bits per heavy atom. The Hall–Kier alpha value is -1.82. The lowest BCUT2D eigenvalue weighted by Crippen LogP contribution is -2.55. The first-order chi connectivity index (χ1) is 13.9. The van der Waals surface area contributed by atoms with Crippen LogP contribution in [0.5, 0.6) is 0 Å². The maximum Gasteiger partial charge on any atom is 0.268 e. The average Bonchev–Trinajstić information content (AvgIpc) is 2.69. The molecular formula is C21H14Cl4N2O2. The fourth-order valence-electron chi connectivity index (χ4n) is 3.45. The zero-order chi connectivity index (χ0) is 20.6. The summed E-state index contributed by atoms with van der Waals surface area (Å²) in [5.41, 5.74) is 0.501. The van der Waals surface area contributed by atoms with Crippen LogP contribution in [0.3, 0.4) is 0 Å². The van der Waals surface area contributed by atoms with Gasteiger partial charge in [-0.15, -0.1) is 0 Å².